The number of hydrogen-bond donors (Lipinski definition) is 1. The summed E-state index contributed by atoms with van der Waals surface area (Å²) in [7, 11) is 0. The fraction of sp³-hybridized carbons (Fsp3) is 0.533. The van der Waals surface area contributed by atoms with E-state index in [9.17, 15) is 4.79 Å². The first kappa shape index (κ1) is 16.2. The summed E-state index contributed by atoms with van der Waals surface area (Å²) in [5, 5.41) is 3.79. The maximum atomic E-state index is 12.1. The molecule has 1 aromatic carbocycles. The molecule has 1 rings (SSSR count). The van der Waals surface area contributed by atoms with Gasteiger partial charge in [0.2, 0.25) is 0 Å². The van der Waals surface area contributed by atoms with Crippen LogP contribution in [0.1, 0.15) is 33.5 Å². The lowest BCUT2D eigenvalue weighted by atomic mass is 9.99. The molecule has 0 fully saturated rings. The van der Waals surface area contributed by atoms with Crippen molar-refractivity contribution in [3.8, 4) is 0 Å². The van der Waals surface area contributed by atoms with E-state index in [0.717, 1.165) is 28.4 Å². The van der Waals surface area contributed by atoms with E-state index in [4.69, 9.17) is 4.74 Å². The second-order valence-electron chi connectivity index (χ2n) is 4.68. The molecule has 0 aromatic heterocycles. The fourth-order valence-electron chi connectivity index (χ4n) is 2.16. The second-order valence-corrected chi connectivity index (χ2v) is 5.48. The molecular formula is C15H22BrNO2. The molecule has 0 aliphatic rings. The van der Waals surface area contributed by atoms with Crippen molar-refractivity contribution in [2.45, 2.75) is 27.2 Å². The molecule has 19 heavy (non-hydrogen) atoms. The Kier molecular flexibility index (Phi) is 7.10. The van der Waals surface area contributed by atoms with Crippen molar-refractivity contribution in [2.24, 2.45) is 0 Å². The van der Waals surface area contributed by atoms with Crippen LogP contribution in [0.5, 0.6) is 0 Å². The van der Waals surface area contributed by atoms with Gasteiger partial charge in [0.15, 0.2) is 0 Å². The minimum absolute atomic E-state index is 0.00971. The average Bonchev–Trinajstić information content (AvgIpc) is 2.32. The van der Waals surface area contributed by atoms with Crippen molar-refractivity contribution in [1.82, 2.24) is 5.32 Å². The van der Waals surface area contributed by atoms with Gasteiger partial charge in [-0.05, 0) is 38.3 Å². The molecule has 4 heteroatoms. The number of rotatable bonds is 7. The number of ether oxygens (including phenoxy) is 1. The van der Waals surface area contributed by atoms with Crippen LogP contribution in [-0.2, 0) is 4.74 Å². The maximum absolute atomic E-state index is 12.1. The average molecular weight is 328 g/mol. The molecule has 1 aromatic rings. The molecule has 106 valence electrons. The normalized spacial score (nSPS) is 10.5. The largest absolute Gasteiger partial charge is 0.381 e. The lowest BCUT2D eigenvalue weighted by molar-refractivity contribution is 0.0943. The fourth-order valence-corrected chi connectivity index (χ4v) is 2.39. The van der Waals surface area contributed by atoms with Gasteiger partial charge in [0.05, 0.1) is 6.61 Å². The minimum atomic E-state index is 0.00971. The summed E-state index contributed by atoms with van der Waals surface area (Å²) in [6.45, 7) is 8.04. The molecule has 0 radical (unpaired) electrons. The first-order valence-electron chi connectivity index (χ1n) is 6.56. The van der Waals surface area contributed by atoms with Gasteiger partial charge in [-0.15, -0.1) is 0 Å². The van der Waals surface area contributed by atoms with Crippen molar-refractivity contribution >= 4 is 21.8 Å². The Morgan fingerprint density at radius 1 is 1.21 bits per heavy atom. The SMILES string of the molecule is Cc1cc(C)c(C(=O)NCCCOCCBr)c(C)c1. The Morgan fingerprint density at radius 3 is 2.42 bits per heavy atom. The maximum Gasteiger partial charge on any atom is 0.251 e. The summed E-state index contributed by atoms with van der Waals surface area (Å²) in [5.74, 6) is 0.00971. The van der Waals surface area contributed by atoms with E-state index in [1.54, 1.807) is 0 Å². The molecule has 0 atom stereocenters. The molecular weight excluding hydrogens is 306 g/mol. The Balaban J connectivity index is 2.46. The van der Waals surface area contributed by atoms with E-state index in [-0.39, 0.29) is 5.91 Å². The van der Waals surface area contributed by atoms with E-state index in [1.807, 2.05) is 32.9 Å². The van der Waals surface area contributed by atoms with Crippen LogP contribution in [0.4, 0.5) is 0 Å². The number of nitrogens with one attached hydrogen (secondary N) is 1. The van der Waals surface area contributed by atoms with Crippen LogP contribution in [0.2, 0.25) is 0 Å². The number of benzene rings is 1. The van der Waals surface area contributed by atoms with Crippen LogP contribution in [-0.4, -0.2) is 31.0 Å². The second kappa shape index (κ2) is 8.33. The number of amides is 1. The Labute approximate surface area is 123 Å². The number of carbonyl (C=O) groups is 1. The van der Waals surface area contributed by atoms with Crippen LogP contribution < -0.4 is 5.32 Å². The van der Waals surface area contributed by atoms with Crippen LogP contribution >= 0.6 is 15.9 Å². The molecule has 1 N–H and O–H groups in total. The summed E-state index contributed by atoms with van der Waals surface area (Å²) >= 11 is 3.30. The lowest BCUT2D eigenvalue weighted by Crippen LogP contribution is -2.26. The highest BCUT2D eigenvalue weighted by molar-refractivity contribution is 9.09. The predicted octanol–water partition coefficient (Wildman–Crippen LogP) is 3.14. The Morgan fingerprint density at radius 2 is 1.84 bits per heavy atom. The Hall–Kier alpha value is -0.870. The summed E-state index contributed by atoms with van der Waals surface area (Å²) in [5.41, 5.74) is 4.05. The number of alkyl halides is 1. The van der Waals surface area contributed by atoms with Crippen LogP contribution in [0.25, 0.3) is 0 Å². The van der Waals surface area contributed by atoms with E-state index < -0.39 is 0 Å². The first-order valence-corrected chi connectivity index (χ1v) is 7.68. The summed E-state index contributed by atoms with van der Waals surface area (Å²) in [6.07, 6.45) is 0.836. The summed E-state index contributed by atoms with van der Waals surface area (Å²) < 4.78 is 5.34. The molecule has 0 aliphatic carbocycles. The highest BCUT2D eigenvalue weighted by atomic mass is 79.9. The van der Waals surface area contributed by atoms with Gasteiger partial charge in [-0.3, -0.25) is 4.79 Å². The molecule has 0 saturated heterocycles. The molecule has 0 aliphatic heterocycles. The van der Waals surface area contributed by atoms with Crippen molar-refractivity contribution in [3.63, 3.8) is 0 Å². The van der Waals surface area contributed by atoms with Crippen LogP contribution in [0.15, 0.2) is 12.1 Å². The van der Waals surface area contributed by atoms with Crippen LogP contribution in [0, 0.1) is 20.8 Å². The zero-order valence-electron chi connectivity index (χ0n) is 11.9. The molecule has 3 nitrogen and oxygen atoms in total. The zero-order valence-corrected chi connectivity index (χ0v) is 13.5. The third-order valence-corrected chi connectivity index (χ3v) is 3.20. The van der Waals surface area contributed by atoms with Gasteiger partial charge in [0.25, 0.3) is 5.91 Å². The molecule has 1 amide bonds. The monoisotopic (exact) mass is 327 g/mol. The van der Waals surface area contributed by atoms with E-state index in [1.165, 1.54) is 5.56 Å². The standard InChI is InChI=1S/C15H22BrNO2/c1-11-9-12(2)14(13(3)10-11)15(18)17-6-4-7-19-8-5-16/h9-10H,4-8H2,1-3H3,(H,17,18). The van der Waals surface area contributed by atoms with Crippen molar-refractivity contribution in [2.75, 3.05) is 25.1 Å². The van der Waals surface area contributed by atoms with E-state index >= 15 is 0 Å². The molecule has 0 unspecified atom stereocenters. The number of hydrogen-bond acceptors (Lipinski definition) is 2. The van der Waals surface area contributed by atoms with E-state index in [0.29, 0.717) is 19.8 Å². The topological polar surface area (TPSA) is 38.3 Å². The van der Waals surface area contributed by atoms with Crippen molar-refractivity contribution in [3.05, 3.63) is 34.4 Å². The highest BCUT2D eigenvalue weighted by Crippen LogP contribution is 2.16. The van der Waals surface area contributed by atoms with Gasteiger partial charge in [-0.25, -0.2) is 0 Å². The molecule has 0 bridgehead atoms. The third kappa shape index (κ3) is 5.33. The summed E-state index contributed by atoms with van der Waals surface area (Å²) in [6, 6.07) is 4.09. The van der Waals surface area contributed by atoms with Crippen molar-refractivity contribution < 1.29 is 9.53 Å². The van der Waals surface area contributed by atoms with Gasteiger partial charge in [0, 0.05) is 24.0 Å². The van der Waals surface area contributed by atoms with Gasteiger partial charge in [-0.2, -0.15) is 0 Å². The van der Waals surface area contributed by atoms with Gasteiger partial charge in [0.1, 0.15) is 0 Å². The molecule has 0 heterocycles. The van der Waals surface area contributed by atoms with Gasteiger partial charge < -0.3 is 10.1 Å². The summed E-state index contributed by atoms with van der Waals surface area (Å²) in [4.78, 5) is 12.1. The van der Waals surface area contributed by atoms with Crippen LogP contribution in [0.3, 0.4) is 0 Å². The number of halogens is 1. The minimum Gasteiger partial charge on any atom is -0.381 e. The van der Waals surface area contributed by atoms with Gasteiger partial charge in [-0.1, -0.05) is 33.6 Å². The van der Waals surface area contributed by atoms with E-state index in [2.05, 4.69) is 21.2 Å². The zero-order chi connectivity index (χ0) is 14.3. The first-order chi connectivity index (χ1) is 9.06. The lowest BCUT2D eigenvalue weighted by Gasteiger charge is -2.11. The number of aryl methyl sites for hydroxylation is 3. The quantitative estimate of drug-likeness (QED) is 0.617. The highest BCUT2D eigenvalue weighted by Gasteiger charge is 2.11. The molecule has 0 spiro atoms. The predicted molar refractivity (Wildman–Crippen MR) is 82.2 cm³/mol. The molecule has 0 saturated carbocycles. The third-order valence-electron chi connectivity index (χ3n) is 2.88. The smallest absolute Gasteiger partial charge is 0.251 e. The van der Waals surface area contributed by atoms with Crippen molar-refractivity contribution in [1.29, 1.82) is 0 Å². The van der Waals surface area contributed by atoms with Gasteiger partial charge >= 0.3 is 0 Å². The number of carbonyl (C=O) groups excluding carboxylic acids is 1. The Bertz CT molecular complexity index is 409.